The molecule has 3 rings (SSSR count). The molecule has 0 atom stereocenters. The van der Waals surface area contributed by atoms with Crippen LogP contribution in [0.15, 0.2) is 27.1 Å². The molecule has 0 spiro atoms. The van der Waals surface area contributed by atoms with Crippen molar-refractivity contribution in [1.29, 1.82) is 0 Å². The highest BCUT2D eigenvalue weighted by atomic mass is 32.1. The molecule has 0 N–H and O–H groups in total. The molecule has 0 bridgehead atoms. The standard InChI is InChI=1S/C13H15N3O2S/c1-14-11(7-12(17)15(2)13(14)18)16-5-3-10-9(8-16)4-6-19-10/h4,6-7H,3,5,8H2,1-2H3. The Morgan fingerprint density at radius 2 is 2.00 bits per heavy atom. The van der Waals surface area contributed by atoms with E-state index in [9.17, 15) is 9.59 Å². The van der Waals surface area contributed by atoms with E-state index in [0.29, 0.717) is 5.82 Å². The van der Waals surface area contributed by atoms with Crippen LogP contribution in [-0.2, 0) is 27.1 Å². The fourth-order valence-corrected chi connectivity index (χ4v) is 3.36. The highest BCUT2D eigenvalue weighted by molar-refractivity contribution is 7.10. The third-order valence-electron chi connectivity index (χ3n) is 3.63. The summed E-state index contributed by atoms with van der Waals surface area (Å²) in [5.41, 5.74) is 0.761. The van der Waals surface area contributed by atoms with Crippen LogP contribution >= 0.6 is 11.3 Å². The molecule has 100 valence electrons. The lowest BCUT2D eigenvalue weighted by molar-refractivity contribution is 0.642. The predicted molar refractivity (Wildman–Crippen MR) is 76.0 cm³/mol. The van der Waals surface area contributed by atoms with Crippen LogP contribution in [0.25, 0.3) is 0 Å². The normalized spacial score (nSPS) is 14.5. The molecule has 3 heterocycles. The van der Waals surface area contributed by atoms with Crippen LogP contribution in [0.3, 0.4) is 0 Å². The lowest BCUT2D eigenvalue weighted by Crippen LogP contribution is -2.41. The number of aromatic nitrogens is 2. The third-order valence-corrected chi connectivity index (χ3v) is 4.66. The van der Waals surface area contributed by atoms with Gasteiger partial charge < -0.3 is 4.90 Å². The van der Waals surface area contributed by atoms with E-state index in [1.165, 1.54) is 17.5 Å². The lowest BCUT2D eigenvalue weighted by atomic mass is 10.1. The summed E-state index contributed by atoms with van der Waals surface area (Å²) in [4.78, 5) is 27.2. The zero-order valence-corrected chi connectivity index (χ0v) is 11.7. The fraction of sp³-hybridized carbons (Fsp3) is 0.385. The first-order chi connectivity index (χ1) is 9.08. The number of hydrogen-bond acceptors (Lipinski definition) is 4. The molecule has 1 aliphatic heterocycles. The monoisotopic (exact) mass is 277 g/mol. The fourth-order valence-electron chi connectivity index (χ4n) is 2.47. The number of nitrogens with zero attached hydrogens (tertiary/aromatic N) is 3. The highest BCUT2D eigenvalue weighted by Gasteiger charge is 2.20. The molecule has 0 fully saturated rings. The molecule has 5 nitrogen and oxygen atoms in total. The second-order valence-corrected chi connectivity index (χ2v) is 5.78. The molecule has 0 unspecified atom stereocenters. The SMILES string of the molecule is Cn1c(N2CCc3sccc3C2)cc(=O)n(C)c1=O. The lowest BCUT2D eigenvalue weighted by Gasteiger charge is -2.30. The van der Waals surface area contributed by atoms with Gasteiger partial charge in [0.2, 0.25) is 0 Å². The second-order valence-electron chi connectivity index (χ2n) is 4.78. The van der Waals surface area contributed by atoms with Crippen molar-refractivity contribution in [2.45, 2.75) is 13.0 Å². The van der Waals surface area contributed by atoms with E-state index in [1.807, 2.05) is 0 Å². The molecule has 19 heavy (non-hydrogen) atoms. The highest BCUT2D eigenvalue weighted by Crippen LogP contribution is 2.26. The maximum Gasteiger partial charge on any atom is 0.332 e. The van der Waals surface area contributed by atoms with Gasteiger partial charge in [0.1, 0.15) is 5.82 Å². The molecule has 0 radical (unpaired) electrons. The summed E-state index contributed by atoms with van der Waals surface area (Å²) in [6, 6.07) is 3.66. The van der Waals surface area contributed by atoms with Crippen LogP contribution < -0.4 is 16.1 Å². The van der Waals surface area contributed by atoms with Crippen molar-refractivity contribution in [1.82, 2.24) is 9.13 Å². The van der Waals surface area contributed by atoms with Crippen LogP contribution in [0.5, 0.6) is 0 Å². The van der Waals surface area contributed by atoms with E-state index in [2.05, 4.69) is 16.3 Å². The van der Waals surface area contributed by atoms with E-state index in [1.54, 1.807) is 29.0 Å². The maximum atomic E-state index is 11.9. The Kier molecular flexibility index (Phi) is 2.82. The second kappa shape index (κ2) is 4.38. The number of fused-ring (bicyclic) bond motifs is 1. The van der Waals surface area contributed by atoms with Crippen molar-refractivity contribution in [2.75, 3.05) is 11.4 Å². The Labute approximate surface area is 114 Å². The number of hydrogen-bond donors (Lipinski definition) is 0. The minimum atomic E-state index is -0.279. The Hall–Kier alpha value is -1.82. The van der Waals surface area contributed by atoms with Crippen molar-refractivity contribution < 1.29 is 0 Å². The average Bonchev–Trinajstić information content (AvgIpc) is 2.87. The Balaban J connectivity index is 2.05. The summed E-state index contributed by atoms with van der Waals surface area (Å²) in [5.74, 6) is 0.699. The topological polar surface area (TPSA) is 47.2 Å². The van der Waals surface area contributed by atoms with Crippen LogP contribution in [0.4, 0.5) is 5.82 Å². The summed E-state index contributed by atoms with van der Waals surface area (Å²) in [6.45, 7) is 1.60. The van der Waals surface area contributed by atoms with Crippen LogP contribution in [0.1, 0.15) is 10.4 Å². The largest absolute Gasteiger partial charge is 0.353 e. The average molecular weight is 277 g/mol. The van der Waals surface area contributed by atoms with Crippen LogP contribution in [0, 0.1) is 0 Å². The van der Waals surface area contributed by atoms with Gasteiger partial charge in [0.15, 0.2) is 0 Å². The molecule has 0 saturated heterocycles. The molecule has 2 aromatic rings. The Bertz CT molecular complexity index is 741. The van der Waals surface area contributed by atoms with Crippen LogP contribution in [-0.4, -0.2) is 15.7 Å². The number of anilines is 1. The first-order valence-electron chi connectivity index (χ1n) is 6.15. The zero-order chi connectivity index (χ0) is 13.6. The van der Waals surface area contributed by atoms with Gasteiger partial charge in [-0.15, -0.1) is 11.3 Å². The van der Waals surface area contributed by atoms with E-state index in [4.69, 9.17) is 0 Å². The molecule has 0 saturated carbocycles. The van der Waals surface area contributed by atoms with Gasteiger partial charge in [0, 0.05) is 38.1 Å². The van der Waals surface area contributed by atoms with Crippen molar-refractivity contribution in [2.24, 2.45) is 14.1 Å². The van der Waals surface area contributed by atoms with E-state index in [-0.39, 0.29) is 11.2 Å². The summed E-state index contributed by atoms with van der Waals surface area (Å²) in [6.07, 6.45) is 0.969. The first-order valence-corrected chi connectivity index (χ1v) is 7.03. The molecular formula is C13H15N3O2S. The summed E-state index contributed by atoms with van der Waals surface area (Å²) in [5, 5.41) is 2.09. The van der Waals surface area contributed by atoms with E-state index < -0.39 is 0 Å². The summed E-state index contributed by atoms with van der Waals surface area (Å²) < 4.78 is 2.67. The van der Waals surface area contributed by atoms with Crippen molar-refractivity contribution >= 4 is 17.2 Å². The molecule has 1 aliphatic rings. The van der Waals surface area contributed by atoms with Crippen molar-refractivity contribution in [3.05, 3.63) is 48.8 Å². The number of rotatable bonds is 1. The Morgan fingerprint density at radius 1 is 1.21 bits per heavy atom. The molecule has 0 amide bonds. The predicted octanol–water partition coefficient (Wildman–Crippen LogP) is 0.708. The van der Waals surface area contributed by atoms with Gasteiger partial charge in [0.25, 0.3) is 5.56 Å². The van der Waals surface area contributed by atoms with Crippen molar-refractivity contribution in [3.63, 3.8) is 0 Å². The van der Waals surface area contributed by atoms with Gasteiger partial charge in [-0.2, -0.15) is 0 Å². The maximum absolute atomic E-state index is 11.9. The zero-order valence-electron chi connectivity index (χ0n) is 10.9. The van der Waals surface area contributed by atoms with E-state index in [0.717, 1.165) is 24.1 Å². The third kappa shape index (κ3) is 1.92. The van der Waals surface area contributed by atoms with Crippen molar-refractivity contribution in [3.8, 4) is 0 Å². The molecule has 2 aromatic heterocycles. The number of thiophene rings is 1. The molecule has 0 aliphatic carbocycles. The summed E-state index contributed by atoms with van der Waals surface area (Å²) in [7, 11) is 3.21. The minimum Gasteiger partial charge on any atom is -0.353 e. The molecule has 0 aromatic carbocycles. The van der Waals surface area contributed by atoms with Gasteiger partial charge in [-0.25, -0.2) is 4.79 Å². The van der Waals surface area contributed by atoms with Gasteiger partial charge in [-0.1, -0.05) is 0 Å². The minimum absolute atomic E-state index is 0.255. The first kappa shape index (κ1) is 12.2. The molecular weight excluding hydrogens is 262 g/mol. The van der Waals surface area contributed by atoms with Crippen LogP contribution in [0.2, 0.25) is 0 Å². The van der Waals surface area contributed by atoms with Gasteiger partial charge in [-0.05, 0) is 23.4 Å². The van der Waals surface area contributed by atoms with Gasteiger partial charge in [-0.3, -0.25) is 13.9 Å². The summed E-state index contributed by atoms with van der Waals surface area (Å²) >= 11 is 1.77. The Morgan fingerprint density at radius 3 is 2.79 bits per heavy atom. The van der Waals surface area contributed by atoms with Gasteiger partial charge >= 0.3 is 5.69 Å². The quantitative estimate of drug-likeness (QED) is 0.771. The van der Waals surface area contributed by atoms with E-state index >= 15 is 0 Å². The molecule has 6 heteroatoms. The van der Waals surface area contributed by atoms with Gasteiger partial charge in [0.05, 0.1) is 0 Å². The smallest absolute Gasteiger partial charge is 0.332 e.